The van der Waals surface area contributed by atoms with Gasteiger partial charge in [0.2, 0.25) is 15.9 Å². The number of rotatable bonds is 6. The number of carbonyl (C=O) groups is 2. The Morgan fingerprint density at radius 2 is 1.81 bits per heavy atom. The zero-order chi connectivity index (χ0) is 20.2. The summed E-state index contributed by atoms with van der Waals surface area (Å²) in [5, 5.41) is 0. The lowest BCUT2D eigenvalue weighted by molar-refractivity contribution is -0.151. The quantitative estimate of drug-likeness (QED) is 0.680. The average Bonchev–Trinajstić information content (AvgIpc) is 2.62. The number of amides is 1. The largest absolute Gasteiger partial charge is 0.466 e. The number of likely N-dealkylation sites (tertiary alicyclic amines) is 1. The summed E-state index contributed by atoms with van der Waals surface area (Å²) in [6.45, 7) is 4.27. The van der Waals surface area contributed by atoms with Crippen molar-refractivity contribution in [1.82, 2.24) is 4.90 Å². The molecule has 0 saturated carbocycles. The van der Waals surface area contributed by atoms with Crippen molar-refractivity contribution in [2.75, 3.05) is 30.3 Å². The van der Waals surface area contributed by atoms with Crippen molar-refractivity contribution in [2.45, 2.75) is 32.7 Å². The molecule has 150 valence electrons. The Morgan fingerprint density at radius 3 is 2.30 bits per heavy atom. The molecule has 1 saturated heterocycles. The summed E-state index contributed by atoms with van der Waals surface area (Å²) < 4.78 is 43.7. The molecule has 9 heteroatoms. The molecule has 27 heavy (non-hydrogen) atoms. The minimum Gasteiger partial charge on any atom is -0.466 e. The Bertz CT molecular complexity index is 773. The molecule has 0 spiro atoms. The van der Waals surface area contributed by atoms with E-state index in [9.17, 15) is 22.4 Å². The first kappa shape index (κ1) is 21.1. The summed E-state index contributed by atoms with van der Waals surface area (Å²) in [4.78, 5) is 26.2. The number of sulfonamides is 1. The lowest BCUT2D eigenvalue weighted by atomic mass is 9.96. The predicted octanol–water partition coefficient (Wildman–Crippen LogP) is 1.78. The second kappa shape index (κ2) is 8.69. The van der Waals surface area contributed by atoms with Gasteiger partial charge < -0.3 is 9.64 Å². The fourth-order valence-electron chi connectivity index (χ4n) is 3.25. The van der Waals surface area contributed by atoms with Crippen LogP contribution in [0.5, 0.6) is 0 Å². The first-order valence-electron chi connectivity index (χ1n) is 8.85. The van der Waals surface area contributed by atoms with E-state index in [1.165, 1.54) is 19.1 Å². The van der Waals surface area contributed by atoms with E-state index in [4.69, 9.17) is 4.74 Å². The monoisotopic (exact) mass is 400 g/mol. The van der Waals surface area contributed by atoms with Gasteiger partial charge in [-0.05, 0) is 51.0 Å². The second-order valence-electron chi connectivity index (χ2n) is 6.56. The van der Waals surface area contributed by atoms with Crippen molar-refractivity contribution in [3.05, 3.63) is 30.1 Å². The summed E-state index contributed by atoms with van der Waals surface area (Å²) in [7, 11) is -3.76. The molecule has 1 aromatic carbocycles. The number of piperidine rings is 1. The van der Waals surface area contributed by atoms with Gasteiger partial charge in [0, 0.05) is 13.1 Å². The first-order valence-corrected chi connectivity index (χ1v) is 10.7. The normalized spacial score (nSPS) is 16.7. The molecule has 7 nitrogen and oxygen atoms in total. The van der Waals surface area contributed by atoms with Crippen LogP contribution in [0.15, 0.2) is 24.3 Å². The Labute approximate surface area is 159 Å². The third-order valence-electron chi connectivity index (χ3n) is 4.57. The molecule has 1 aliphatic heterocycles. The third kappa shape index (κ3) is 5.18. The molecule has 0 aromatic heterocycles. The maximum absolute atomic E-state index is 13.2. The molecule has 1 heterocycles. The van der Waals surface area contributed by atoms with E-state index in [1.54, 1.807) is 11.8 Å². The SMILES string of the molecule is CCOC(=O)C1CCN(C(=O)C(C)N(c2ccc(F)cc2)S(C)(=O)=O)CC1. The average molecular weight is 400 g/mol. The summed E-state index contributed by atoms with van der Waals surface area (Å²) in [6.07, 6.45) is 1.96. The Morgan fingerprint density at radius 1 is 1.26 bits per heavy atom. The molecular formula is C18H25FN2O5S. The van der Waals surface area contributed by atoms with Crippen LogP contribution in [0.25, 0.3) is 0 Å². The minimum absolute atomic E-state index is 0.223. The number of hydrogen-bond acceptors (Lipinski definition) is 5. The van der Waals surface area contributed by atoms with Crippen molar-refractivity contribution in [3.63, 3.8) is 0 Å². The first-order chi connectivity index (χ1) is 12.6. The highest BCUT2D eigenvalue weighted by molar-refractivity contribution is 7.92. The van der Waals surface area contributed by atoms with E-state index >= 15 is 0 Å². The van der Waals surface area contributed by atoms with Crippen LogP contribution in [0.2, 0.25) is 0 Å². The maximum atomic E-state index is 13.2. The summed E-state index contributed by atoms with van der Waals surface area (Å²) >= 11 is 0. The van der Waals surface area contributed by atoms with E-state index < -0.39 is 21.9 Å². The Hall–Kier alpha value is -2.16. The highest BCUT2D eigenvalue weighted by Crippen LogP contribution is 2.24. The Kier molecular flexibility index (Phi) is 6.80. The fraction of sp³-hybridized carbons (Fsp3) is 0.556. The molecule has 0 N–H and O–H groups in total. The molecule has 1 fully saturated rings. The van der Waals surface area contributed by atoms with Crippen LogP contribution in [0.3, 0.4) is 0 Å². The lowest BCUT2D eigenvalue weighted by Crippen LogP contribution is -2.51. The molecule has 0 radical (unpaired) electrons. The summed E-state index contributed by atoms with van der Waals surface area (Å²) in [5.41, 5.74) is 0.223. The number of nitrogens with zero attached hydrogens (tertiary/aromatic N) is 2. The van der Waals surface area contributed by atoms with Gasteiger partial charge in [-0.1, -0.05) is 0 Å². The van der Waals surface area contributed by atoms with Gasteiger partial charge in [0.05, 0.1) is 24.5 Å². The van der Waals surface area contributed by atoms with Gasteiger partial charge in [-0.2, -0.15) is 0 Å². The van der Waals surface area contributed by atoms with Crippen molar-refractivity contribution < 1.29 is 27.1 Å². The third-order valence-corrected chi connectivity index (χ3v) is 5.82. The van der Waals surface area contributed by atoms with Gasteiger partial charge >= 0.3 is 5.97 Å². The fourth-order valence-corrected chi connectivity index (χ4v) is 4.42. The standard InChI is InChI=1S/C18H25FN2O5S/c1-4-26-18(23)14-9-11-20(12-10-14)17(22)13(2)21(27(3,24)25)16-7-5-15(19)6-8-16/h5-8,13-14H,4,9-12H2,1-3H3. The van der Waals surface area contributed by atoms with E-state index in [0.717, 1.165) is 22.7 Å². The van der Waals surface area contributed by atoms with Crippen LogP contribution in [-0.2, 0) is 24.3 Å². The minimum atomic E-state index is -3.76. The maximum Gasteiger partial charge on any atom is 0.309 e. The molecule has 1 amide bonds. The topological polar surface area (TPSA) is 84.0 Å². The molecule has 0 aliphatic carbocycles. The Balaban J connectivity index is 2.12. The highest BCUT2D eigenvalue weighted by atomic mass is 32.2. The molecular weight excluding hydrogens is 375 g/mol. The summed E-state index contributed by atoms with van der Waals surface area (Å²) in [6, 6.07) is 3.97. The van der Waals surface area contributed by atoms with E-state index in [1.807, 2.05) is 0 Å². The molecule has 0 bridgehead atoms. The van der Waals surface area contributed by atoms with Crippen LogP contribution in [0, 0.1) is 11.7 Å². The van der Waals surface area contributed by atoms with E-state index in [2.05, 4.69) is 0 Å². The molecule has 2 rings (SSSR count). The molecule has 1 aliphatic rings. The molecule has 1 aromatic rings. The van der Waals surface area contributed by atoms with Crippen molar-refractivity contribution in [2.24, 2.45) is 5.92 Å². The number of benzene rings is 1. The van der Waals surface area contributed by atoms with Crippen LogP contribution in [-0.4, -0.2) is 57.2 Å². The van der Waals surface area contributed by atoms with E-state index in [-0.39, 0.29) is 23.5 Å². The molecule has 1 atom stereocenters. The lowest BCUT2D eigenvalue weighted by Gasteiger charge is -2.36. The van der Waals surface area contributed by atoms with Gasteiger partial charge in [-0.15, -0.1) is 0 Å². The van der Waals surface area contributed by atoms with Crippen molar-refractivity contribution in [3.8, 4) is 0 Å². The van der Waals surface area contributed by atoms with Gasteiger partial charge in [0.1, 0.15) is 11.9 Å². The predicted molar refractivity (Wildman–Crippen MR) is 99.1 cm³/mol. The van der Waals surface area contributed by atoms with Crippen LogP contribution in [0.1, 0.15) is 26.7 Å². The van der Waals surface area contributed by atoms with Gasteiger partial charge in [0.15, 0.2) is 0 Å². The second-order valence-corrected chi connectivity index (χ2v) is 8.42. The number of ether oxygens (including phenoxy) is 1. The smallest absolute Gasteiger partial charge is 0.309 e. The van der Waals surface area contributed by atoms with Crippen LogP contribution < -0.4 is 4.31 Å². The van der Waals surface area contributed by atoms with Gasteiger partial charge in [-0.3, -0.25) is 13.9 Å². The zero-order valence-corrected chi connectivity index (χ0v) is 16.5. The van der Waals surface area contributed by atoms with Gasteiger partial charge in [0.25, 0.3) is 0 Å². The number of anilines is 1. The van der Waals surface area contributed by atoms with Crippen LogP contribution >= 0.6 is 0 Å². The molecule has 1 unspecified atom stereocenters. The number of halogens is 1. The van der Waals surface area contributed by atoms with Gasteiger partial charge in [-0.25, -0.2) is 12.8 Å². The number of esters is 1. The number of hydrogen-bond donors (Lipinski definition) is 0. The zero-order valence-electron chi connectivity index (χ0n) is 15.7. The number of carbonyl (C=O) groups excluding carboxylic acids is 2. The van der Waals surface area contributed by atoms with Crippen molar-refractivity contribution in [1.29, 1.82) is 0 Å². The van der Waals surface area contributed by atoms with Crippen LogP contribution in [0.4, 0.5) is 10.1 Å². The summed E-state index contributed by atoms with van der Waals surface area (Å²) in [5.74, 6) is -1.35. The highest BCUT2D eigenvalue weighted by Gasteiger charge is 2.35. The van der Waals surface area contributed by atoms with E-state index in [0.29, 0.717) is 32.5 Å². The van der Waals surface area contributed by atoms with Crippen molar-refractivity contribution >= 4 is 27.6 Å².